The van der Waals surface area contributed by atoms with Crippen LogP contribution in [0.4, 0.5) is 5.82 Å². The number of carboxylic acid groups (broad SMARTS) is 1. The van der Waals surface area contributed by atoms with Gasteiger partial charge in [0.1, 0.15) is 5.82 Å². The molecule has 1 amide bonds. The molecule has 0 fully saturated rings. The molecule has 1 aromatic rings. The molecule has 0 saturated heterocycles. The standard InChI is InChI=1S/C11H14ClN3O3/c1-3-15(2)9(16)6-14-10-8(12)4-7(5-13-10)11(17)18/h4-5H,3,6H2,1-2H3,(H,13,14)(H,17,18). The second kappa shape index (κ2) is 6.20. The molecule has 0 spiro atoms. The van der Waals surface area contributed by atoms with Gasteiger partial charge < -0.3 is 15.3 Å². The lowest BCUT2D eigenvalue weighted by atomic mass is 10.3. The SMILES string of the molecule is CCN(C)C(=O)CNc1ncc(C(=O)O)cc1Cl. The third kappa shape index (κ3) is 3.59. The second-order valence-electron chi connectivity index (χ2n) is 3.62. The molecule has 18 heavy (non-hydrogen) atoms. The summed E-state index contributed by atoms with van der Waals surface area (Å²) < 4.78 is 0. The summed E-state index contributed by atoms with van der Waals surface area (Å²) in [7, 11) is 1.69. The van der Waals surface area contributed by atoms with E-state index in [4.69, 9.17) is 16.7 Å². The number of halogens is 1. The summed E-state index contributed by atoms with van der Waals surface area (Å²) in [5.41, 5.74) is 0.00236. The maximum atomic E-state index is 11.5. The number of anilines is 1. The lowest BCUT2D eigenvalue weighted by Crippen LogP contribution is -2.32. The van der Waals surface area contributed by atoms with E-state index in [9.17, 15) is 9.59 Å². The molecule has 98 valence electrons. The topological polar surface area (TPSA) is 82.5 Å². The van der Waals surface area contributed by atoms with Crippen LogP contribution in [0.1, 0.15) is 17.3 Å². The highest BCUT2D eigenvalue weighted by Crippen LogP contribution is 2.19. The van der Waals surface area contributed by atoms with E-state index in [0.717, 1.165) is 0 Å². The molecule has 0 aliphatic heterocycles. The van der Waals surface area contributed by atoms with Crippen molar-refractivity contribution in [2.75, 3.05) is 25.5 Å². The first-order valence-electron chi connectivity index (χ1n) is 5.32. The minimum atomic E-state index is -1.10. The molecular weight excluding hydrogens is 258 g/mol. The van der Waals surface area contributed by atoms with Crippen molar-refractivity contribution in [3.8, 4) is 0 Å². The van der Waals surface area contributed by atoms with E-state index in [1.54, 1.807) is 11.9 Å². The Hall–Kier alpha value is -1.82. The molecule has 1 heterocycles. The molecule has 0 aliphatic rings. The van der Waals surface area contributed by atoms with Gasteiger partial charge in [-0.25, -0.2) is 9.78 Å². The summed E-state index contributed by atoms with van der Waals surface area (Å²) in [6.07, 6.45) is 1.19. The smallest absolute Gasteiger partial charge is 0.337 e. The van der Waals surface area contributed by atoms with Gasteiger partial charge in [0, 0.05) is 19.8 Å². The number of likely N-dealkylation sites (N-methyl/N-ethyl adjacent to an activating group) is 1. The van der Waals surface area contributed by atoms with E-state index < -0.39 is 5.97 Å². The zero-order valence-electron chi connectivity index (χ0n) is 10.1. The Morgan fingerprint density at radius 1 is 1.56 bits per heavy atom. The van der Waals surface area contributed by atoms with Crippen LogP contribution in [-0.4, -0.2) is 47.0 Å². The zero-order valence-corrected chi connectivity index (χ0v) is 10.9. The molecule has 0 aromatic carbocycles. The summed E-state index contributed by atoms with van der Waals surface area (Å²) in [4.78, 5) is 27.6. The average molecular weight is 272 g/mol. The molecule has 0 saturated carbocycles. The van der Waals surface area contributed by atoms with Crippen molar-refractivity contribution in [3.63, 3.8) is 0 Å². The van der Waals surface area contributed by atoms with Gasteiger partial charge in [-0.2, -0.15) is 0 Å². The van der Waals surface area contributed by atoms with Crippen LogP contribution in [0.25, 0.3) is 0 Å². The van der Waals surface area contributed by atoms with Gasteiger partial charge >= 0.3 is 5.97 Å². The highest BCUT2D eigenvalue weighted by atomic mass is 35.5. The van der Waals surface area contributed by atoms with E-state index in [-0.39, 0.29) is 23.0 Å². The van der Waals surface area contributed by atoms with E-state index in [1.165, 1.54) is 12.3 Å². The number of carbonyl (C=O) groups excluding carboxylic acids is 1. The minimum absolute atomic E-state index is 0.00236. The Labute approximate surface area is 110 Å². The van der Waals surface area contributed by atoms with Crippen LogP contribution in [0.3, 0.4) is 0 Å². The molecular formula is C11H14ClN3O3. The number of carbonyl (C=O) groups is 2. The van der Waals surface area contributed by atoms with E-state index in [2.05, 4.69) is 10.3 Å². The summed E-state index contributed by atoms with van der Waals surface area (Å²) >= 11 is 5.86. The lowest BCUT2D eigenvalue weighted by molar-refractivity contribution is -0.127. The van der Waals surface area contributed by atoms with Gasteiger partial charge in [0.25, 0.3) is 0 Å². The lowest BCUT2D eigenvalue weighted by Gasteiger charge is -2.15. The maximum Gasteiger partial charge on any atom is 0.337 e. The number of nitrogens with zero attached hydrogens (tertiary/aromatic N) is 2. The van der Waals surface area contributed by atoms with Crippen LogP contribution in [0, 0.1) is 0 Å². The van der Waals surface area contributed by atoms with Crippen molar-refractivity contribution >= 4 is 29.3 Å². The first-order chi connectivity index (χ1) is 8.45. The number of carboxylic acids is 1. The Balaban J connectivity index is 2.69. The van der Waals surface area contributed by atoms with Crippen LogP contribution in [0.5, 0.6) is 0 Å². The third-order valence-corrected chi connectivity index (χ3v) is 2.68. The predicted octanol–water partition coefficient (Wildman–Crippen LogP) is 1.32. The molecule has 0 atom stereocenters. The van der Waals surface area contributed by atoms with Gasteiger partial charge in [-0.1, -0.05) is 11.6 Å². The number of amides is 1. The van der Waals surface area contributed by atoms with Crippen LogP contribution in [0.15, 0.2) is 12.3 Å². The largest absolute Gasteiger partial charge is 0.478 e. The second-order valence-corrected chi connectivity index (χ2v) is 4.03. The molecule has 0 unspecified atom stereocenters. The van der Waals surface area contributed by atoms with Crippen molar-refractivity contribution in [2.45, 2.75) is 6.92 Å². The molecule has 0 radical (unpaired) electrons. The van der Waals surface area contributed by atoms with Crippen LogP contribution >= 0.6 is 11.6 Å². The first kappa shape index (κ1) is 14.2. The number of hydrogen-bond donors (Lipinski definition) is 2. The van der Waals surface area contributed by atoms with Gasteiger partial charge in [0.05, 0.1) is 17.1 Å². The van der Waals surface area contributed by atoms with Crippen LogP contribution in [-0.2, 0) is 4.79 Å². The Morgan fingerprint density at radius 3 is 2.72 bits per heavy atom. The molecule has 6 nitrogen and oxygen atoms in total. The highest BCUT2D eigenvalue weighted by Gasteiger charge is 2.10. The van der Waals surface area contributed by atoms with Gasteiger partial charge in [-0.3, -0.25) is 4.79 Å². The van der Waals surface area contributed by atoms with E-state index in [1.807, 2.05) is 6.92 Å². The summed E-state index contributed by atoms with van der Waals surface area (Å²) in [6.45, 7) is 2.54. The Morgan fingerprint density at radius 2 is 2.22 bits per heavy atom. The number of nitrogens with one attached hydrogen (secondary N) is 1. The fraction of sp³-hybridized carbons (Fsp3) is 0.364. The Bertz CT molecular complexity index is 465. The quantitative estimate of drug-likeness (QED) is 0.844. The van der Waals surface area contributed by atoms with Crippen molar-refractivity contribution in [2.24, 2.45) is 0 Å². The fourth-order valence-electron chi connectivity index (χ4n) is 1.16. The summed E-state index contributed by atoms with van der Waals surface area (Å²) in [6, 6.07) is 1.28. The molecule has 2 N–H and O–H groups in total. The number of rotatable bonds is 5. The number of aromatic carboxylic acids is 1. The molecule has 1 aromatic heterocycles. The van der Waals surface area contributed by atoms with E-state index in [0.29, 0.717) is 12.4 Å². The Kier molecular flexibility index (Phi) is 4.91. The maximum absolute atomic E-state index is 11.5. The summed E-state index contributed by atoms with van der Waals surface area (Å²) in [5.74, 6) is -0.907. The zero-order chi connectivity index (χ0) is 13.7. The molecule has 0 bridgehead atoms. The monoisotopic (exact) mass is 271 g/mol. The summed E-state index contributed by atoms with van der Waals surface area (Å²) in [5, 5.41) is 11.7. The third-order valence-electron chi connectivity index (χ3n) is 2.40. The molecule has 7 heteroatoms. The van der Waals surface area contributed by atoms with Crippen LogP contribution < -0.4 is 5.32 Å². The van der Waals surface area contributed by atoms with Crippen molar-refractivity contribution < 1.29 is 14.7 Å². The fourth-order valence-corrected chi connectivity index (χ4v) is 1.39. The van der Waals surface area contributed by atoms with Crippen LogP contribution in [0.2, 0.25) is 5.02 Å². The molecule has 1 rings (SSSR count). The van der Waals surface area contributed by atoms with Crippen molar-refractivity contribution in [3.05, 3.63) is 22.8 Å². The minimum Gasteiger partial charge on any atom is -0.478 e. The number of pyridine rings is 1. The number of hydrogen-bond acceptors (Lipinski definition) is 4. The van der Waals surface area contributed by atoms with Gasteiger partial charge in [-0.05, 0) is 13.0 Å². The number of aromatic nitrogens is 1. The van der Waals surface area contributed by atoms with Crippen molar-refractivity contribution in [1.29, 1.82) is 0 Å². The molecule has 0 aliphatic carbocycles. The van der Waals surface area contributed by atoms with Gasteiger partial charge in [0.15, 0.2) is 0 Å². The van der Waals surface area contributed by atoms with Gasteiger partial charge in [-0.15, -0.1) is 0 Å². The average Bonchev–Trinajstić information content (AvgIpc) is 2.35. The highest BCUT2D eigenvalue weighted by molar-refractivity contribution is 6.33. The van der Waals surface area contributed by atoms with E-state index >= 15 is 0 Å². The van der Waals surface area contributed by atoms with Crippen molar-refractivity contribution in [1.82, 2.24) is 9.88 Å². The van der Waals surface area contributed by atoms with Gasteiger partial charge in [0.2, 0.25) is 5.91 Å². The predicted molar refractivity (Wildman–Crippen MR) is 68.0 cm³/mol. The normalized spacial score (nSPS) is 9.94. The first-order valence-corrected chi connectivity index (χ1v) is 5.70.